The first-order chi connectivity index (χ1) is 15.4. The third-order valence-corrected chi connectivity index (χ3v) is 6.64. The summed E-state index contributed by atoms with van der Waals surface area (Å²) in [5, 5.41) is 9.63. The Morgan fingerprint density at radius 1 is 1.09 bits per heavy atom. The molecule has 0 spiro atoms. The van der Waals surface area contributed by atoms with Crippen LogP contribution in [0.4, 0.5) is 5.69 Å². The van der Waals surface area contributed by atoms with Gasteiger partial charge in [0.2, 0.25) is 0 Å². The van der Waals surface area contributed by atoms with Crippen LogP contribution >= 0.6 is 27.3 Å². The second-order valence-electron chi connectivity index (χ2n) is 7.71. The minimum atomic E-state index is -0.133. The Balaban J connectivity index is 1.41. The SMILES string of the molecule is Cc1cccc(OCc2csc(C(=O)Nc3c(C)nn(Cc4ccc(Br)cc4)c3C)c2)c1. The zero-order valence-electron chi connectivity index (χ0n) is 18.2. The first-order valence-corrected chi connectivity index (χ1v) is 11.9. The predicted octanol–water partition coefficient (Wildman–Crippen LogP) is 6.51. The highest BCUT2D eigenvalue weighted by Gasteiger charge is 2.17. The van der Waals surface area contributed by atoms with Crippen molar-refractivity contribution in [1.82, 2.24) is 9.78 Å². The van der Waals surface area contributed by atoms with Gasteiger partial charge in [0.1, 0.15) is 12.4 Å². The predicted molar refractivity (Wildman–Crippen MR) is 133 cm³/mol. The lowest BCUT2D eigenvalue weighted by molar-refractivity contribution is 0.103. The number of thiophene rings is 1. The van der Waals surface area contributed by atoms with Crippen LogP contribution < -0.4 is 10.1 Å². The number of hydrogen-bond donors (Lipinski definition) is 1. The van der Waals surface area contributed by atoms with E-state index in [4.69, 9.17) is 4.74 Å². The van der Waals surface area contributed by atoms with Crippen LogP contribution in [0.3, 0.4) is 0 Å². The number of nitrogens with zero attached hydrogens (tertiary/aromatic N) is 2. The first-order valence-electron chi connectivity index (χ1n) is 10.3. The van der Waals surface area contributed by atoms with E-state index < -0.39 is 0 Å². The number of rotatable bonds is 7. The van der Waals surface area contributed by atoms with Gasteiger partial charge in [0.15, 0.2) is 0 Å². The average molecular weight is 510 g/mol. The van der Waals surface area contributed by atoms with Crippen molar-refractivity contribution in [2.24, 2.45) is 0 Å². The topological polar surface area (TPSA) is 56.1 Å². The van der Waals surface area contributed by atoms with Gasteiger partial charge in [0.25, 0.3) is 5.91 Å². The van der Waals surface area contributed by atoms with Gasteiger partial charge in [-0.05, 0) is 67.6 Å². The number of nitrogens with one attached hydrogen (secondary N) is 1. The van der Waals surface area contributed by atoms with Crippen LogP contribution in [-0.4, -0.2) is 15.7 Å². The van der Waals surface area contributed by atoms with Crippen LogP contribution in [-0.2, 0) is 13.2 Å². The molecular formula is C25H24BrN3O2S. The van der Waals surface area contributed by atoms with Crippen molar-refractivity contribution in [3.8, 4) is 5.75 Å². The van der Waals surface area contributed by atoms with Gasteiger partial charge >= 0.3 is 0 Å². The summed E-state index contributed by atoms with van der Waals surface area (Å²) >= 11 is 4.87. The number of carbonyl (C=O) groups is 1. The van der Waals surface area contributed by atoms with E-state index >= 15 is 0 Å². The standard InChI is InChI=1S/C25H24BrN3O2S/c1-16-5-4-6-22(11-16)31-14-20-12-23(32-15-20)25(30)27-24-17(2)28-29(18(24)3)13-19-7-9-21(26)10-8-19/h4-12,15H,13-14H2,1-3H3,(H,27,30). The van der Waals surface area contributed by atoms with E-state index in [-0.39, 0.29) is 5.91 Å². The zero-order valence-corrected chi connectivity index (χ0v) is 20.6. The van der Waals surface area contributed by atoms with E-state index in [0.29, 0.717) is 18.0 Å². The van der Waals surface area contributed by atoms with Gasteiger partial charge in [0.05, 0.1) is 28.5 Å². The number of carbonyl (C=O) groups excluding carboxylic acids is 1. The first kappa shape index (κ1) is 22.3. The molecule has 4 rings (SSSR count). The summed E-state index contributed by atoms with van der Waals surface area (Å²) < 4.78 is 8.81. The summed E-state index contributed by atoms with van der Waals surface area (Å²) in [6.07, 6.45) is 0. The summed E-state index contributed by atoms with van der Waals surface area (Å²) in [6.45, 7) is 7.00. The molecule has 5 nitrogen and oxygen atoms in total. The molecule has 0 saturated heterocycles. The van der Waals surface area contributed by atoms with Gasteiger partial charge in [0, 0.05) is 10.0 Å². The number of halogens is 1. The molecule has 164 valence electrons. The molecule has 0 aliphatic rings. The van der Waals surface area contributed by atoms with E-state index in [2.05, 4.69) is 38.5 Å². The van der Waals surface area contributed by atoms with Crippen LogP contribution in [0.15, 0.2) is 64.5 Å². The highest BCUT2D eigenvalue weighted by atomic mass is 79.9. The van der Waals surface area contributed by atoms with Crippen molar-refractivity contribution in [3.63, 3.8) is 0 Å². The molecule has 0 bridgehead atoms. The van der Waals surface area contributed by atoms with Crippen LogP contribution in [0.25, 0.3) is 0 Å². The molecule has 0 aliphatic carbocycles. The number of benzene rings is 2. The number of aromatic nitrogens is 2. The summed E-state index contributed by atoms with van der Waals surface area (Å²) in [6, 6.07) is 18.0. The number of aryl methyl sites for hydroxylation is 2. The fourth-order valence-corrected chi connectivity index (χ4v) is 4.47. The van der Waals surface area contributed by atoms with E-state index in [1.165, 1.54) is 11.3 Å². The van der Waals surface area contributed by atoms with E-state index in [9.17, 15) is 4.79 Å². The fourth-order valence-electron chi connectivity index (χ4n) is 3.41. The van der Waals surface area contributed by atoms with Crippen molar-refractivity contribution in [1.29, 1.82) is 0 Å². The van der Waals surface area contributed by atoms with Crippen molar-refractivity contribution in [2.45, 2.75) is 33.9 Å². The van der Waals surface area contributed by atoms with Gasteiger partial charge in [-0.3, -0.25) is 9.48 Å². The van der Waals surface area contributed by atoms with Gasteiger partial charge in [-0.2, -0.15) is 5.10 Å². The molecule has 2 aromatic carbocycles. The lowest BCUT2D eigenvalue weighted by Gasteiger charge is -2.07. The number of amides is 1. The lowest BCUT2D eigenvalue weighted by atomic mass is 10.2. The van der Waals surface area contributed by atoms with Crippen molar-refractivity contribution >= 4 is 38.9 Å². The monoisotopic (exact) mass is 509 g/mol. The smallest absolute Gasteiger partial charge is 0.265 e. The molecule has 1 N–H and O–H groups in total. The minimum Gasteiger partial charge on any atom is -0.489 e. The third-order valence-electron chi connectivity index (χ3n) is 5.14. The van der Waals surface area contributed by atoms with Crippen LogP contribution in [0, 0.1) is 20.8 Å². The zero-order chi connectivity index (χ0) is 22.7. The quantitative estimate of drug-likeness (QED) is 0.308. The Labute approximate surface area is 200 Å². The summed E-state index contributed by atoms with van der Waals surface area (Å²) in [5.41, 5.74) is 5.76. The molecule has 4 aromatic rings. The Morgan fingerprint density at radius 2 is 1.88 bits per heavy atom. The highest BCUT2D eigenvalue weighted by molar-refractivity contribution is 9.10. The molecule has 1 amide bonds. The van der Waals surface area contributed by atoms with Gasteiger partial charge in [-0.15, -0.1) is 11.3 Å². The fraction of sp³-hybridized carbons (Fsp3) is 0.200. The maximum atomic E-state index is 12.9. The molecule has 0 radical (unpaired) electrons. The van der Waals surface area contributed by atoms with Crippen molar-refractivity contribution in [2.75, 3.05) is 5.32 Å². The maximum Gasteiger partial charge on any atom is 0.265 e. The van der Waals surface area contributed by atoms with Gasteiger partial charge in [-0.25, -0.2) is 0 Å². The minimum absolute atomic E-state index is 0.133. The third kappa shape index (κ3) is 5.29. The van der Waals surface area contributed by atoms with Crippen molar-refractivity contribution < 1.29 is 9.53 Å². The Kier molecular flexibility index (Phi) is 6.77. The van der Waals surface area contributed by atoms with E-state index in [1.54, 1.807) is 0 Å². The second-order valence-corrected chi connectivity index (χ2v) is 9.54. The number of hydrogen-bond acceptors (Lipinski definition) is 4. The Hall–Kier alpha value is -2.90. The largest absolute Gasteiger partial charge is 0.489 e. The van der Waals surface area contributed by atoms with Crippen molar-refractivity contribution in [3.05, 3.63) is 97.4 Å². The molecule has 2 aromatic heterocycles. The Bertz CT molecular complexity index is 1240. The molecular weight excluding hydrogens is 486 g/mol. The Morgan fingerprint density at radius 3 is 2.62 bits per heavy atom. The van der Waals surface area contributed by atoms with Gasteiger partial charge in [-0.1, -0.05) is 40.2 Å². The summed E-state index contributed by atoms with van der Waals surface area (Å²) in [4.78, 5) is 13.5. The number of ether oxygens (including phenoxy) is 1. The molecule has 0 saturated carbocycles. The maximum absolute atomic E-state index is 12.9. The molecule has 0 aliphatic heterocycles. The van der Waals surface area contributed by atoms with E-state index in [0.717, 1.165) is 44.0 Å². The normalized spacial score (nSPS) is 10.9. The number of anilines is 1. The molecule has 32 heavy (non-hydrogen) atoms. The summed E-state index contributed by atoms with van der Waals surface area (Å²) in [7, 11) is 0. The van der Waals surface area contributed by atoms with Crippen LogP contribution in [0.1, 0.15) is 37.7 Å². The summed E-state index contributed by atoms with van der Waals surface area (Å²) in [5.74, 6) is 0.692. The second kappa shape index (κ2) is 9.71. The van der Waals surface area contributed by atoms with Crippen LogP contribution in [0.5, 0.6) is 5.75 Å². The molecule has 0 atom stereocenters. The highest BCUT2D eigenvalue weighted by Crippen LogP contribution is 2.24. The van der Waals surface area contributed by atoms with Gasteiger partial charge < -0.3 is 10.1 Å². The molecule has 0 unspecified atom stereocenters. The van der Waals surface area contributed by atoms with E-state index in [1.807, 2.05) is 73.3 Å². The average Bonchev–Trinajstić information content (AvgIpc) is 3.35. The molecule has 2 heterocycles. The molecule has 7 heteroatoms. The lowest BCUT2D eigenvalue weighted by Crippen LogP contribution is -2.12. The molecule has 0 fully saturated rings. The van der Waals surface area contributed by atoms with Crippen LogP contribution in [0.2, 0.25) is 0 Å².